The van der Waals surface area contributed by atoms with Gasteiger partial charge in [0.15, 0.2) is 0 Å². The van der Waals surface area contributed by atoms with Crippen molar-refractivity contribution in [2.24, 2.45) is 0 Å². The van der Waals surface area contributed by atoms with Gasteiger partial charge < -0.3 is 10.1 Å². The highest BCUT2D eigenvalue weighted by molar-refractivity contribution is 5.41. The van der Waals surface area contributed by atoms with E-state index < -0.39 is 0 Å². The summed E-state index contributed by atoms with van der Waals surface area (Å²) in [5, 5.41) is 3.47. The van der Waals surface area contributed by atoms with Crippen LogP contribution in [-0.2, 0) is 6.42 Å². The maximum absolute atomic E-state index is 5.50. The standard InChI is InChI=1S/C14H19NO/c1-3-8-15-13(4-2)11-5-6-14-12(10-11)7-9-16-14/h4-6,10,13,15H,2-3,7-9H2,1H3. The van der Waals surface area contributed by atoms with Crippen LogP contribution in [0.25, 0.3) is 0 Å². The zero-order valence-electron chi connectivity index (χ0n) is 9.83. The van der Waals surface area contributed by atoms with Gasteiger partial charge in [0.2, 0.25) is 0 Å². The molecule has 1 aliphatic heterocycles. The van der Waals surface area contributed by atoms with Gasteiger partial charge in [0.05, 0.1) is 12.6 Å². The largest absolute Gasteiger partial charge is 0.493 e. The van der Waals surface area contributed by atoms with Crippen molar-refractivity contribution in [2.75, 3.05) is 13.2 Å². The van der Waals surface area contributed by atoms with E-state index in [-0.39, 0.29) is 6.04 Å². The first kappa shape index (κ1) is 11.2. The molecule has 1 heterocycles. The van der Waals surface area contributed by atoms with Gasteiger partial charge in [0.25, 0.3) is 0 Å². The highest BCUT2D eigenvalue weighted by Gasteiger charge is 2.14. The molecule has 86 valence electrons. The maximum atomic E-state index is 5.50. The van der Waals surface area contributed by atoms with Crippen LogP contribution in [0.15, 0.2) is 30.9 Å². The van der Waals surface area contributed by atoms with E-state index in [0.29, 0.717) is 0 Å². The molecule has 1 aromatic carbocycles. The van der Waals surface area contributed by atoms with Crippen molar-refractivity contribution >= 4 is 0 Å². The summed E-state index contributed by atoms with van der Waals surface area (Å²) < 4.78 is 5.50. The van der Waals surface area contributed by atoms with Crippen LogP contribution < -0.4 is 10.1 Å². The molecule has 1 unspecified atom stereocenters. The van der Waals surface area contributed by atoms with Crippen molar-refractivity contribution in [1.29, 1.82) is 0 Å². The SMILES string of the molecule is C=CC(NCCC)c1ccc2c(c1)CCO2. The van der Waals surface area contributed by atoms with E-state index in [1.165, 1.54) is 11.1 Å². The van der Waals surface area contributed by atoms with E-state index in [4.69, 9.17) is 4.74 Å². The summed E-state index contributed by atoms with van der Waals surface area (Å²) in [6, 6.07) is 6.68. The second kappa shape index (κ2) is 5.17. The molecule has 2 heteroatoms. The molecule has 16 heavy (non-hydrogen) atoms. The normalized spacial score (nSPS) is 15.3. The quantitative estimate of drug-likeness (QED) is 0.766. The number of rotatable bonds is 5. The minimum atomic E-state index is 0.255. The molecule has 0 radical (unpaired) electrons. The molecule has 1 atom stereocenters. The first-order valence-corrected chi connectivity index (χ1v) is 5.96. The fraction of sp³-hybridized carbons (Fsp3) is 0.429. The fourth-order valence-corrected chi connectivity index (χ4v) is 2.04. The molecule has 0 aliphatic carbocycles. The Morgan fingerprint density at radius 1 is 1.56 bits per heavy atom. The Balaban J connectivity index is 2.15. The van der Waals surface area contributed by atoms with Crippen LogP contribution >= 0.6 is 0 Å². The Morgan fingerprint density at radius 2 is 2.44 bits per heavy atom. The summed E-state index contributed by atoms with van der Waals surface area (Å²) in [6.45, 7) is 7.90. The zero-order chi connectivity index (χ0) is 11.4. The van der Waals surface area contributed by atoms with Crippen LogP contribution in [0.4, 0.5) is 0 Å². The molecule has 0 aromatic heterocycles. The van der Waals surface area contributed by atoms with E-state index in [2.05, 4.69) is 37.0 Å². The highest BCUT2D eigenvalue weighted by Crippen LogP contribution is 2.28. The average molecular weight is 217 g/mol. The van der Waals surface area contributed by atoms with Gasteiger partial charge in [-0.05, 0) is 30.2 Å². The number of ether oxygens (including phenoxy) is 1. The molecular weight excluding hydrogens is 198 g/mol. The molecule has 0 spiro atoms. The summed E-state index contributed by atoms with van der Waals surface area (Å²) in [5.41, 5.74) is 2.61. The van der Waals surface area contributed by atoms with Gasteiger partial charge in [-0.15, -0.1) is 6.58 Å². The number of hydrogen-bond donors (Lipinski definition) is 1. The minimum Gasteiger partial charge on any atom is -0.493 e. The summed E-state index contributed by atoms with van der Waals surface area (Å²) in [6.07, 6.45) is 4.13. The molecule has 1 N–H and O–H groups in total. The van der Waals surface area contributed by atoms with Crippen molar-refractivity contribution in [3.05, 3.63) is 42.0 Å². The van der Waals surface area contributed by atoms with E-state index >= 15 is 0 Å². The van der Waals surface area contributed by atoms with Crippen LogP contribution in [0.1, 0.15) is 30.5 Å². The molecule has 0 saturated heterocycles. The Labute approximate surface area is 97.3 Å². The average Bonchev–Trinajstić information content (AvgIpc) is 2.77. The van der Waals surface area contributed by atoms with Crippen LogP contribution in [0, 0.1) is 0 Å². The molecule has 0 amide bonds. The van der Waals surface area contributed by atoms with Crippen molar-refractivity contribution in [2.45, 2.75) is 25.8 Å². The first-order chi connectivity index (χ1) is 7.85. The lowest BCUT2D eigenvalue weighted by Gasteiger charge is -2.15. The van der Waals surface area contributed by atoms with Gasteiger partial charge >= 0.3 is 0 Å². The van der Waals surface area contributed by atoms with Gasteiger partial charge in [0, 0.05) is 6.42 Å². The van der Waals surface area contributed by atoms with Gasteiger partial charge in [0.1, 0.15) is 5.75 Å². The predicted octanol–water partition coefficient (Wildman–Crippen LogP) is 2.85. The van der Waals surface area contributed by atoms with Crippen molar-refractivity contribution in [3.63, 3.8) is 0 Å². The molecule has 2 rings (SSSR count). The first-order valence-electron chi connectivity index (χ1n) is 5.96. The summed E-state index contributed by atoms with van der Waals surface area (Å²) in [5.74, 6) is 1.04. The van der Waals surface area contributed by atoms with E-state index in [1.54, 1.807) is 0 Å². The smallest absolute Gasteiger partial charge is 0.122 e. The maximum Gasteiger partial charge on any atom is 0.122 e. The second-order valence-corrected chi connectivity index (χ2v) is 4.13. The topological polar surface area (TPSA) is 21.3 Å². The third-order valence-corrected chi connectivity index (χ3v) is 2.92. The molecule has 0 fully saturated rings. The van der Waals surface area contributed by atoms with Crippen LogP contribution in [0.3, 0.4) is 0 Å². The predicted molar refractivity (Wildman–Crippen MR) is 66.9 cm³/mol. The van der Waals surface area contributed by atoms with Crippen LogP contribution in [0.2, 0.25) is 0 Å². The third kappa shape index (κ3) is 2.27. The molecular formula is C14H19NO. The third-order valence-electron chi connectivity index (χ3n) is 2.92. The monoisotopic (exact) mass is 217 g/mol. The minimum absolute atomic E-state index is 0.255. The fourth-order valence-electron chi connectivity index (χ4n) is 2.04. The highest BCUT2D eigenvalue weighted by atomic mass is 16.5. The van der Waals surface area contributed by atoms with E-state index in [0.717, 1.165) is 31.7 Å². The van der Waals surface area contributed by atoms with E-state index in [1.807, 2.05) is 6.08 Å². The second-order valence-electron chi connectivity index (χ2n) is 4.13. The van der Waals surface area contributed by atoms with Crippen molar-refractivity contribution in [3.8, 4) is 5.75 Å². The van der Waals surface area contributed by atoms with Gasteiger partial charge in [-0.3, -0.25) is 0 Å². The van der Waals surface area contributed by atoms with Gasteiger partial charge in [-0.25, -0.2) is 0 Å². The molecule has 0 saturated carbocycles. The molecule has 0 bridgehead atoms. The summed E-state index contributed by atoms with van der Waals surface area (Å²) in [4.78, 5) is 0. The molecule has 1 aliphatic rings. The lowest BCUT2D eigenvalue weighted by atomic mass is 10.0. The number of hydrogen-bond acceptors (Lipinski definition) is 2. The lowest BCUT2D eigenvalue weighted by molar-refractivity contribution is 0.357. The van der Waals surface area contributed by atoms with Gasteiger partial charge in [-0.2, -0.15) is 0 Å². The number of fused-ring (bicyclic) bond motifs is 1. The Bertz CT molecular complexity index is 373. The van der Waals surface area contributed by atoms with Gasteiger partial charge in [-0.1, -0.05) is 25.1 Å². The molecule has 1 aromatic rings. The lowest BCUT2D eigenvalue weighted by Crippen LogP contribution is -2.20. The zero-order valence-corrected chi connectivity index (χ0v) is 9.83. The molecule has 2 nitrogen and oxygen atoms in total. The van der Waals surface area contributed by atoms with Crippen LogP contribution in [0.5, 0.6) is 5.75 Å². The Kier molecular flexibility index (Phi) is 3.62. The Morgan fingerprint density at radius 3 is 3.19 bits per heavy atom. The number of benzene rings is 1. The number of nitrogens with one attached hydrogen (secondary N) is 1. The van der Waals surface area contributed by atoms with E-state index in [9.17, 15) is 0 Å². The van der Waals surface area contributed by atoms with Crippen molar-refractivity contribution < 1.29 is 4.74 Å². The van der Waals surface area contributed by atoms with Crippen molar-refractivity contribution in [1.82, 2.24) is 5.32 Å². The van der Waals surface area contributed by atoms with Crippen LogP contribution in [-0.4, -0.2) is 13.2 Å². The summed E-state index contributed by atoms with van der Waals surface area (Å²) >= 11 is 0. The summed E-state index contributed by atoms with van der Waals surface area (Å²) in [7, 11) is 0. The Hall–Kier alpha value is -1.28.